The second kappa shape index (κ2) is 7.71. The molecule has 1 amide bonds. The van der Waals surface area contributed by atoms with Gasteiger partial charge >= 0.3 is 5.97 Å². The van der Waals surface area contributed by atoms with Crippen LogP contribution in [0.2, 0.25) is 5.02 Å². The van der Waals surface area contributed by atoms with Gasteiger partial charge in [-0.25, -0.2) is 4.79 Å². The Morgan fingerprint density at radius 1 is 1.38 bits per heavy atom. The Morgan fingerprint density at radius 2 is 2.14 bits per heavy atom. The predicted molar refractivity (Wildman–Crippen MR) is 83.5 cm³/mol. The van der Waals surface area contributed by atoms with Gasteiger partial charge in [0.1, 0.15) is 6.04 Å². The zero-order valence-electron chi connectivity index (χ0n) is 11.9. The van der Waals surface area contributed by atoms with E-state index in [0.29, 0.717) is 18.0 Å². The minimum atomic E-state index is -0.442. The number of piperidine rings is 1. The summed E-state index contributed by atoms with van der Waals surface area (Å²) in [5.74, 6) is -0.0992. The van der Waals surface area contributed by atoms with Crippen LogP contribution in [-0.4, -0.2) is 42.2 Å². The molecule has 1 aliphatic heterocycles. The normalized spacial score (nSPS) is 18.4. The number of carbonyl (C=O) groups is 2. The number of amides is 1. The first-order valence-corrected chi connectivity index (χ1v) is 8.24. The van der Waals surface area contributed by atoms with Crippen LogP contribution in [0.15, 0.2) is 29.2 Å². The van der Waals surface area contributed by atoms with Gasteiger partial charge in [0.2, 0.25) is 5.91 Å². The van der Waals surface area contributed by atoms with Gasteiger partial charge in [0, 0.05) is 11.4 Å². The van der Waals surface area contributed by atoms with E-state index in [1.54, 1.807) is 11.0 Å². The maximum Gasteiger partial charge on any atom is 0.328 e. The highest BCUT2D eigenvalue weighted by molar-refractivity contribution is 8.00. The van der Waals surface area contributed by atoms with Crippen molar-refractivity contribution in [3.05, 3.63) is 29.3 Å². The molecule has 0 spiro atoms. The molecule has 0 saturated carbocycles. The molecular formula is C15H18ClNO3S. The number of nitrogens with zero attached hydrogens (tertiary/aromatic N) is 1. The number of hydrogen-bond donors (Lipinski definition) is 0. The number of carbonyl (C=O) groups excluding carboxylic acids is 2. The average molecular weight is 328 g/mol. The second-order valence-electron chi connectivity index (χ2n) is 4.84. The molecule has 4 nitrogen and oxygen atoms in total. The molecule has 21 heavy (non-hydrogen) atoms. The van der Waals surface area contributed by atoms with Crippen LogP contribution in [0, 0.1) is 0 Å². The highest BCUT2D eigenvalue weighted by atomic mass is 35.5. The Kier molecular flexibility index (Phi) is 5.94. The predicted octanol–water partition coefficient (Wildman–Crippen LogP) is 2.99. The standard InChI is InChI=1S/C15H18ClNO3S/c1-20-15(19)12-7-4-5-9-17(12)14(18)10-21-13-8-3-2-6-11(13)16/h2-3,6,8,12H,4-5,7,9-10H2,1H3/t12-/m1/s1. The number of esters is 1. The number of rotatable bonds is 4. The Hall–Kier alpha value is -1.20. The van der Waals surface area contributed by atoms with Gasteiger partial charge in [0.15, 0.2) is 0 Å². The number of likely N-dealkylation sites (tertiary alicyclic amines) is 1. The van der Waals surface area contributed by atoms with Crippen molar-refractivity contribution in [2.24, 2.45) is 0 Å². The third-order valence-corrected chi connectivity index (χ3v) is 4.98. The van der Waals surface area contributed by atoms with Crippen molar-refractivity contribution in [1.29, 1.82) is 0 Å². The molecular weight excluding hydrogens is 310 g/mol. The summed E-state index contributed by atoms with van der Waals surface area (Å²) in [6.45, 7) is 0.613. The van der Waals surface area contributed by atoms with Crippen molar-refractivity contribution in [3.63, 3.8) is 0 Å². The van der Waals surface area contributed by atoms with E-state index in [-0.39, 0.29) is 17.6 Å². The maximum absolute atomic E-state index is 12.4. The average Bonchev–Trinajstić information content (AvgIpc) is 2.53. The van der Waals surface area contributed by atoms with E-state index in [0.717, 1.165) is 17.7 Å². The lowest BCUT2D eigenvalue weighted by Gasteiger charge is -2.33. The van der Waals surface area contributed by atoms with Crippen molar-refractivity contribution in [1.82, 2.24) is 4.90 Å². The first-order valence-electron chi connectivity index (χ1n) is 6.88. The van der Waals surface area contributed by atoms with Gasteiger partial charge in [-0.05, 0) is 31.4 Å². The summed E-state index contributed by atoms with van der Waals surface area (Å²) in [6, 6.07) is 6.98. The van der Waals surface area contributed by atoms with Gasteiger partial charge in [0.25, 0.3) is 0 Å². The molecule has 2 rings (SSSR count). The molecule has 0 aromatic heterocycles. The third kappa shape index (κ3) is 4.14. The molecule has 1 aromatic carbocycles. The maximum atomic E-state index is 12.4. The molecule has 1 fully saturated rings. The summed E-state index contributed by atoms with van der Waals surface area (Å²) in [6.07, 6.45) is 2.55. The van der Waals surface area contributed by atoms with Crippen LogP contribution >= 0.6 is 23.4 Å². The molecule has 0 unspecified atom stereocenters. The van der Waals surface area contributed by atoms with Crippen molar-refractivity contribution < 1.29 is 14.3 Å². The smallest absolute Gasteiger partial charge is 0.328 e. The van der Waals surface area contributed by atoms with E-state index in [1.807, 2.05) is 18.2 Å². The largest absolute Gasteiger partial charge is 0.467 e. The van der Waals surface area contributed by atoms with E-state index in [1.165, 1.54) is 18.9 Å². The van der Waals surface area contributed by atoms with Crippen LogP contribution in [0.3, 0.4) is 0 Å². The van der Waals surface area contributed by atoms with Crippen molar-refractivity contribution >= 4 is 35.2 Å². The van der Waals surface area contributed by atoms with E-state index in [2.05, 4.69) is 0 Å². The SMILES string of the molecule is COC(=O)[C@H]1CCCCN1C(=O)CSc1ccccc1Cl. The van der Waals surface area contributed by atoms with E-state index >= 15 is 0 Å². The molecule has 0 bridgehead atoms. The molecule has 0 N–H and O–H groups in total. The zero-order valence-corrected chi connectivity index (χ0v) is 13.5. The van der Waals surface area contributed by atoms with Crippen molar-refractivity contribution in [2.45, 2.75) is 30.2 Å². The summed E-state index contributed by atoms with van der Waals surface area (Å²) in [5, 5.41) is 0.637. The van der Waals surface area contributed by atoms with Gasteiger partial charge < -0.3 is 9.64 Å². The lowest BCUT2D eigenvalue weighted by atomic mass is 10.0. The monoisotopic (exact) mass is 327 g/mol. The Morgan fingerprint density at radius 3 is 2.86 bits per heavy atom. The van der Waals surface area contributed by atoms with Crippen LogP contribution in [0.25, 0.3) is 0 Å². The molecule has 0 aliphatic carbocycles. The fourth-order valence-corrected chi connectivity index (χ4v) is 3.52. The summed E-state index contributed by atoms with van der Waals surface area (Å²) in [7, 11) is 1.36. The second-order valence-corrected chi connectivity index (χ2v) is 6.27. The number of hydrogen-bond acceptors (Lipinski definition) is 4. The number of ether oxygens (including phenoxy) is 1. The van der Waals surface area contributed by atoms with E-state index in [9.17, 15) is 9.59 Å². The van der Waals surface area contributed by atoms with E-state index < -0.39 is 6.04 Å². The van der Waals surface area contributed by atoms with Gasteiger partial charge in [-0.15, -0.1) is 11.8 Å². The molecule has 0 radical (unpaired) electrons. The molecule has 1 saturated heterocycles. The van der Waals surface area contributed by atoms with Gasteiger partial charge in [-0.3, -0.25) is 4.79 Å². The summed E-state index contributed by atoms with van der Waals surface area (Å²) >= 11 is 7.47. The fourth-order valence-electron chi connectivity index (χ4n) is 2.40. The van der Waals surface area contributed by atoms with Crippen LogP contribution in [0.1, 0.15) is 19.3 Å². The quantitative estimate of drug-likeness (QED) is 0.630. The summed E-state index contributed by atoms with van der Waals surface area (Å²) in [5.41, 5.74) is 0. The number of thioether (sulfide) groups is 1. The fraction of sp³-hybridized carbons (Fsp3) is 0.467. The van der Waals surface area contributed by atoms with Crippen molar-refractivity contribution in [2.75, 3.05) is 19.4 Å². The highest BCUT2D eigenvalue weighted by Gasteiger charge is 2.32. The molecule has 1 aromatic rings. The van der Waals surface area contributed by atoms with Gasteiger partial charge in [0.05, 0.1) is 17.9 Å². The van der Waals surface area contributed by atoms with Crippen LogP contribution < -0.4 is 0 Å². The molecule has 1 atom stereocenters. The minimum absolute atomic E-state index is 0.0463. The Balaban J connectivity index is 1.98. The molecule has 1 heterocycles. The lowest BCUT2D eigenvalue weighted by molar-refractivity contribution is -0.153. The molecule has 1 aliphatic rings. The number of benzene rings is 1. The molecule has 114 valence electrons. The van der Waals surface area contributed by atoms with E-state index in [4.69, 9.17) is 16.3 Å². The summed E-state index contributed by atoms with van der Waals surface area (Å²) < 4.78 is 4.79. The molecule has 6 heteroatoms. The van der Waals surface area contributed by atoms with Crippen LogP contribution in [0.4, 0.5) is 0 Å². The minimum Gasteiger partial charge on any atom is -0.467 e. The first kappa shape index (κ1) is 16.2. The topological polar surface area (TPSA) is 46.6 Å². The van der Waals surface area contributed by atoms with Gasteiger partial charge in [-0.1, -0.05) is 23.7 Å². The number of halogens is 1. The Labute approximate surface area is 133 Å². The zero-order chi connectivity index (χ0) is 15.2. The number of methoxy groups -OCH3 is 1. The van der Waals surface area contributed by atoms with Crippen LogP contribution in [0.5, 0.6) is 0 Å². The van der Waals surface area contributed by atoms with Crippen LogP contribution in [-0.2, 0) is 14.3 Å². The summed E-state index contributed by atoms with van der Waals surface area (Å²) in [4.78, 5) is 26.6. The Bertz CT molecular complexity index is 523. The highest BCUT2D eigenvalue weighted by Crippen LogP contribution is 2.27. The lowest BCUT2D eigenvalue weighted by Crippen LogP contribution is -2.49. The first-order chi connectivity index (χ1) is 10.1. The van der Waals surface area contributed by atoms with Crippen molar-refractivity contribution in [3.8, 4) is 0 Å². The third-order valence-electron chi connectivity index (χ3n) is 3.48. The van der Waals surface area contributed by atoms with Gasteiger partial charge in [-0.2, -0.15) is 0 Å².